The molecule has 1 aliphatic heterocycles. The van der Waals surface area contributed by atoms with Gasteiger partial charge >= 0.3 is 0 Å². The molecule has 14 rings (SSSR count). The standard InChI is InChI=1S/C63H46N4O/c1-4-15-40(16-5-1)41-25-27-43(28-26-41)61-64-60(42-17-6-2-7-18-42)65-62(66-61)46-20-14-19-44(35-46)45-29-32-56-52(36-45)53-38-55-51(48-21-8-10-23-54(48)63(55)33-12-3-13-34-63)39-57(53)67(56)47-30-31-50-49-22-9-11-24-58(49)68-59(50)37-47/h1-2,4-11,14-21,23-32,35-39,49H,3,12-13,22,33-34H2. The first kappa shape index (κ1) is 39.1. The molecule has 0 saturated heterocycles. The van der Waals surface area contributed by atoms with E-state index in [-0.39, 0.29) is 11.3 Å². The van der Waals surface area contributed by atoms with Crippen LogP contribution in [-0.2, 0) is 5.41 Å². The molecule has 1 unspecified atom stereocenters. The molecule has 3 heterocycles. The first-order valence-electron chi connectivity index (χ1n) is 24.1. The fourth-order valence-corrected chi connectivity index (χ4v) is 11.9. The molecule has 0 N–H and O–H groups in total. The van der Waals surface area contributed by atoms with Gasteiger partial charge in [-0.3, -0.25) is 0 Å². The number of benzene rings is 8. The van der Waals surface area contributed by atoms with Crippen LogP contribution in [0.1, 0.15) is 61.1 Å². The Hall–Kier alpha value is -8.15. The maximum absolute atomic E-state index is 6.56. The van der Waals surface area contributed by atoms with Crippen molar-refractivity contribution in [2.45, 2.75) is 49.9 Å². The van der Waals surface area contributed by atoms with E-state index >= 15 is 0 Å². The Balaban J connectivity index is 0.920. The van der Waals surface area contributed by atoms with Crippen molar-refractivity contribution in [3.63, 3.8) is 0 Å². The number of hydrogen-bond acceptors (Lipinski definition) is 4. The van der Waals surface area contributed by atoms with Crippen LogP contribution in [0.25, 0.3) is 95.0 Å². The Labute approximate surface area is 395 Å². The van der Waals surface area contributed by atoms with Crippen molar-refractivity contribution in [2.75, 3.05) is 0 Å². The summed E-state index contributed by atoms with van der Waals surface area (Å²) in [5.74, 6) is 4.21. The zero-order valence-electron chi connectivity index (χ0n) is 37.6. The Morgan fingerprint density at radius 1 is 0.471 bits per heavy atom. The summed E-state index contributed by atoms with van der Waals surface area (Å²) in [6.07, 6.45) is 13.7. The highest BCUT2D eigenvalue weighted by Gasteiger charge is 2.44. The molecular formula is C63H46N4O. The summed E-state index contributed by atoms with van der Waals surface area (Å²) < 4.78 is 9.04. The molecule has 4 aliphatic rings. The minimum absolute atomic E-state index is 0.0458. The predicted octanol–water partition coefficient (Wildman–Crippen LogP) is 15.9. The second kappa shape index (κ2) is 15.5. The van der Waals surface area contributed by atoms with Gasteiger partial charge in [0, 0.05) is 56.1 Å². The Morgan fingerprint density at radius 2 is 1.10 bits per heavy atom. The van der Waals surface area contributed by atoms with Crippen LogP contribution in [0.5, 0.6) is 5.75 Å². The molecule has 3 aliphatic carbocycles. The highest BCUT2D eigenvalue weighted by molar-refractivity contribution is 6.12. The van der Waals surface area contributed by atoms with E-state index in [2.05, 4.69) is 181 Å². The maximum atomic E-state index is 6.56. The number of ether oxygens (including phenoxy) is 1. The van der Waals surface area contributed by atoms with Crippen molar-refractivity contribution in [1.29, 1.82) is 0 Å². The first-order valence-corrected chi connectivity index (χ1v) is 24.1. The Bertz CT molecular complexity index is 3710. The van der Waals surface area contributed by atoms with Gasteiger partial charge in [0.25, 0.3) is 0 Å². The van der Waals surface area contributed by atoms with Gasteiger partial charge in [-0.2, -0.15) is 0 Å². The van der Waals surface area contributed by atoms with Crippen molar-refractivity contribution >= 4 is 21.8 Å². The molecule has 1 fully saturated rings. The minimum Gasteiger partial charge on any atom is -0.461 e. The van der Waals surface area contributed by atoms with E-state index in [1.54, 1.807) is 0 Å². The predicted molar refractivity (Wildman–Crippen MR) is 276 cm³/mol. The van der Waals surface area contributed by atoms with E-state index in [1.165, 1.54) is 87.3 Å². The normalized spacial score (nSPS) is 16.3. The Morgan fingerprint density at radius 3 is 1.91 bits per heavy atom. The summed E-state index contributed by atoms with van der Waals surface area (Å²) in [6, 6.07) is 66.0. The molecule has 0 radical (unpaired) electrons. The lowest BCUT2D eigenvalue weighted by Crippen LogP contribution is -2.27. The average Bonchev–Trinajstić information content (AvgIpc) is 4.03. The van der Waals surface area contributed by atoms with Crippen molar-refractivity contribution in [3.8, 4) is 79.0 Å². The van der Waals surface area contributed by atoms with E-state index in [1.807, 2.05) is 24.3 Å². The highest BCUT2D eigenvalue weighted by atomic mass is 16.5. The largest absolute Gasteiger partial charge is 0.461 e. The fourth-order valence-electron chi connectivity index (χ4n) is 11.9. The van der Waals surface area contributed by atoms with Gasteiger partial charge < -0.3 is 9.30 Å². The lowest BCUT2D eigenvalue weighted by atomic mass is 9.68. The van der Waals surface area contributed by atoms with E-state index in [4.69, 9.17) is 19.7 Å². The van der Waals surface area contributed by atoms with Crippen LogP contribution in [0, 0.1) is 0 Å². The summed E-state index contributed by atoms with van der Waals surface area (Å²) in [7, 11) is 0. The number of rotatable bonds is 6. The SMILES string of the molecule is C1=CCC2C(=C1)Oc1cc(-n3c4ccc(-c5cccc(-c6nc(-c7ccccc7)nc(-c7ccc(-c8ccccc8)cc7)n6)c5)cc4c4cc5c(cc43)-c3ccccc3C53CCCCC3)ccc12. The zero-order valence-corrected chi connectivity index (χ0v) is 37.6. The van der Waals surface area contributed by atoms with Crippen LogP contribution >= 0.6 is 0 Å². The number of allylic oxidation sites excluding steroid dienone is 4. The van der Waals surface area contributed by atoms with Gasteiger partial charge in [0.2, 0.25) is 0 Å². The summed E-state index contributed by atoms with van der Waals surface area (Å²) in [6.45, 7) is 0. The molecular weight excluding hydrogens is 829 g/mol. The fraction of sp³-hybridized carbons (Fsp3) is 0.127. The third kappa shape index (κ3) is 6.19. The quantitative estimate of drug-likeness (QED) is 0.167. The second-order valence-corrected chi connectivity index (χ2v) is 19.0. The van der Waals surface area contributed by atoms with Gasteiger partial charge in [-0.15, -0.1) is 0 Å². The number of hydrogen-bond donors (Lipinski definition) is 0. The molecule has 1 saturated carbocycles. The third-order valence-electron chi connectivity index (χ3n) is 15.2. The van der Waals surface area contributed by atoms with Crippen LogP contribution in [0.3, 0.4) is 0 Å². The van der Waals surface area contributed by atoms with Crippen LogP contribution in [0.15, 0.2) is 206 Å². The summed E-state index contributed by atoms with van der Waals surface area (Å²) >= 11 is 0. The Kier molecular flexibility index (Phi) is 8.88. The van der Waals surface area contributed by atoms with Crippen molar-refractivity contribution in [1.82, 2.24) is 19.5 Å². The van der Waals surface area contributed by atoms with Crippen molar-refractivity contribution in [2.24, 2.45) is 0 Å². The molecule has 8 aromatic carbocycles. The van der Waals surface area contributed by atoms with Gasteiger partial charge in [-0.1, -0.05) is 171 Å². The average molecular weight is 875 g/mol. The topological polar surface area (TPSA) is 52.8 Å². The molecule has 5 nitrogen and oxygen atoms in total. The lowest BCUT2D eigenvalue weighted by molar-refractivity contribution is 0.353. The molecule has 1 atom stereocenters. The molecule has 68 heavy (non-hydrogen) atoms. The maximum Gasteiger partial charge on any atom is 0.164 e. The van der Waals surface area contributed by atoms with E-state index in [0.29, 0.717) is 17.5 Å². The van der Waals surface area contributed by atoms with Gasteiger partial charge in [-0.25, -0.2) is 15.0 Å². The van der Waals surface area contributed by atoms with Gasteiger partial charge in [-0.05, 0) is 106 Å². The summed E-state index contributed by atoms with van der Waals surface area (Å²) in [5, 5.41) is 2.52. The molecule has 2 aromatic heterocycles. The molecule has 324 valence electrons. The molecule has 10 aromatic rings. The van der Waals surface area contributed by atoms with Gasteiger partial charge in [0.05, 0.1) is 11.0 Å². The molecule has 0 amide bonds. The van der Waals surface area contributed by atoms with Crippen LogP contribution in [0.2, 0.25) is 0 Å². The van der Waals surface area contributed by atoms with E-state index in [0.717, 1.165) is 57.0 Å². The van der Waals surface area contributed by atoms with Crippen molar-refractivity contribution < 1.29 is 4.74 Å². The van der Waals surface area contributed by atoms with Crippen LogP contribution in [0.4, 0.5) is 0 Å². The molecule has 0 bridgehead atoms. The van der Waals surface area contributed by atoms with E-state index in [9.17, 15) is 0 Å². The smallest absolute Gasteiger partial charge is 0.164 e. The van der Waals surface area contributed by atoms with Crippen molar-refractivity contribution in [3.05, 3.63) is 223 Å². The second-order valence-electron chi connectivity index (χ2n) is 19.0. The lowest BCUT2D eigenvalue weighted by Gasteiger charge is -2.36. The molecule has 5 heteroatoms. The van der Waals surface area contributed by atoms with Gasteiger partial charge in [0.1, 0.15) is 11.5 Å². The number of aromatic nitrogens is 4. The minimum atomic E-state index is 0.0458. The zero-order chi connectivity index (χ0) is 44.8. The monoisotopic (exact) mass is 874 g/mol. The first-order chi connectivity index (χ1) is 33.6. The summed E-state index contributed by atoms with van der Waals surface area (Å²) in [5.41, 5.74) is 18.0. The highest BCUT2D eigenvalue weighted by Crippen LogP contribution is 2.57. The number of nitrogens with zero attached hydrogens (tertiary/aromatic N) is 4. The van der Waals surface area contributed by atoms with Gasteiger partial charge in [0.15, 0.2) is 17.5 Å². The van der Waals surface area contributed by atoms with Crippen LogP contribution < -0.4 is 4.74 Å². The molecule has 1 spiro atoms. The number of fused-ring (bicyclic) bond motifs is 11. The summed E-state index contributed by atoms with van der Waals surface area (Å²) in [4.78, 5) is 15.3. The third-order valence-corrected chi connectivity index (χ3v) is 15.2. The van der Waals surface area contributed by atoms with Crippen LogP contribution in [-0.4, -0.2) is 19.5 Å². The van der Waals surface area contributed by atoms with E-state index < -0.39 is 0 Å².